The second-order valence-corrected chi connectivity index (χ2v) is 8.76. The quantitative estimate of drug-likeness (QED) is 0.371. The third kappa shape index (κ3) is 7.06. The van der Waals surface area contributed by atoms with Crippen molar-refractivity contribution in [1.82, 2.24) is 19.8 Å². The van der Waals surface area contributed by atoms with Crippen LogP contribution in [0, 0.1) is 12.7 Å². The van der Waals surface area contributed by atoms with E-state index in [1.807, 2.05) is 0 Å². The Bertz CT molecular complexity index is 1100. The van der Waals surface area contributed by atoms with Gasteiger partial charge in [0.25, 0.3) is 11.8 Å². The highest BCUT2D eigenvalue weighted by molar-refractivity contribution is 5.49. The first-order chi connectivity index (χ1) is 15.5. The first-order valence-corrected chi connectivity index (χ1v) is 10.7. The summed E-state index contributed by atoms with van der Waals surface area (Å²) in [6.45, 7) is 8.10. The van der Waals surface area contributed by atoms with Crippen molar-refractivity contribution >= 4 is 5.65 Å². The number of fused-ring (bicyclic) bond motifs is 1. The number of ether oxygens (including phenoxy) is 2. The van der Waals surface area contributed by atoms with Crippen LogP contribution in [0.25, 0.3) is 5.65 Å². The van der Waals surface area contributed by atoms with E-state index in [0.29, 0.717) is 24.0 Å². The molecule has 1 N–H and O–H groups in total. The highest BCUT2D eigenvalue weighted by atomic mass is 19.3. The topological polar surface area (TPSA) is 69.9 Å². The Kier molecular flexibility index (Phi) is 7.48. The van der Waals surface area contributed by atoms with E-state index in [-0.39, 0.29) is 23.8 Å². The summed E-state index contributed by atoms with van der Waals surface area (Å²) in [5.74, 6) is -3.75. The Morgan fingerprint density at radius 3 is 2.58 bits per heavy atom. The number of pyridine rings is 2. The van der Waals surface area contributed by atoms with Crippen molar-refractivity contribution in [3.05, 3.63) is 47.8 Å². The maximum Gasteiger partial charge on any atom is 0.278 e. The van der Waals surface area contributed by atoms with Gasteiger partial charge >= 0.3 is 0 Å². The van der Waals surface area contributed by atoms with Gasteiger partial charge in [0.2, 0.25) is 0 Å². The molecule has 0 aromatic carbocycles. The molecule has 3 rings (SSSR count). The van der Waals surface area contributed by atoms with Crippen molar-refractivity contribution < 1.29 is 27.5 Å². The number of nitrogens with one attached hydrogen (secondary N) is 1. The molecule has 0 fully saturated rings. The second-order valence-electron chi connectivity index (χ2n) is 8.76. The van der Waals surface area contributed by atoms with Crippen LogP contribution in [0.3, 0.4) is 0 Å². The van der Waals surface area contributed by atoms with Crippen LogP contribution in [0.4, 0.5) is 13.2 Å². The van der Waals surface area contributed by atoms with E-state index in [1.165, 1.54) is 0 Å². The van der Waals surface area contributed by atoms with Gasteiger partial charge in [0.05, 0.1) is 18.1 Å². The Hall–Kier alpha value is -2.85. The highest BCUT2D eigenvalue weighted by Crippen LogP contribution is 2.33. The Labute approximate surface area is 190 Å². The fourth-order valence-corrected chi connectivity index (χ4v) is 3.22. The first-order valence-electron chi connectivity index (χ1n) is 10.7. The van der Waals surface area contributed by atoms with Crippen LogP contribution in [0.2, 0.25) is 0 Å². The number of aryl methyl sites for hydroxylation is 1. The molecule has 180 valence electrons. The van der Waals surface area contributed by atoms with Gasteiger partial charge < -0.3 is 13.9 Å². The molecule has 7 nitrogen and oxygen atoms in total. The lowest BCUT2D eigenvalue weighted by atomic mass is 10.0. The van der Waals surface area contributed by atoms with Crippen molar-refractivity contribution in [3.63, 3.8) is 0 Å². The van der Waals surface area contributed by atoms with E-state index in [9.17, 15) is 13.2 Å². The molecule has 3 aromatic rings. The lowest BCUT2D eigenvalue weighted by Crippen LogP contribution is -2.38. The number of aromatic nitrogens is 3. The summed E-state index contributed by atoms with van der Waals surface area (Å²) in [7, 11) is 0. The van der Waals surface area contributed by atoms with Gasteiger partial charge in [0.1, 0.15) is 23.8 Å². The SMILES string of the molecule is CCCC(C)(C)NOCc1cn2cc(Oc3ncc(F)cc3OCC(C)(F)F)c(C)cc2n1. The molecule has 0 unspecified atom stereocenters. The number of halogens is 3. The summed E-state index contributed by atoms with van der Waals surface area (Å²) in [6.07, 6.45) is 6.41. The summed E-state index contributed by atoms with van der Waals surface area (Å²) in [6, 6.07) is 2.76. The van der Waals surface area contributed by atoms with E-state index >= 15 is 0 Å². The van der Waals surface area contributed by atoms with Gasteiger partial charge in [0.15, 0.2) is 12.4 Å². The van der Waals surface area contributed by atoms with E-state index in [4.69, 9.17) is 14.3 Å². The Morgan fingerprint density at radius 2 is 1.88 bits per heavy atom. The fraction of sp³-hybridized carbons (Fsp3) is 0.478. The van der Waals surface area contributed by atoms with E-state index in [1.54, 1.807) is 29.8 Å². The van der Waals surface area contributed by atoms with Crippen LogP contribution in [-0.4, -0.2) is 32.4 Å². The van der Waals surface area contributed by atoms with Gasteiger partial charge in [-0.15, -0.1) is 0 Å². The molecule has 0 aliphatic rings. The minimum absolute atomic E-state index is 0.117. The molecule has 10 heteroatoms. The zero-order valence-corrected chi connectivity index (χ0v) is 19.4. The van der Waals surface area contributed by atoms with Crippen LogP contribution >= 0.6 is 0 Å². The molecule has 33 heavy (non-hydrogen) atoms. The predicted octanol–water partition coefficient (Wildman–Crippen LogP) is 5.60. The molecule has 0 radical (unpaired) electrons. The van der Waals surface area contributed by atoms with Gasteiger partial charge in [-0.25, -0.2) is 23.1 Å². The number of hydroxylamine groups is 1. The maximum absolute atomic E-state index is 13.6. The maximum atomic E-state index is 13.6. The van der Waals surface area contributed by atoms with Crippen molar-refractivity contribution in [2.75, 3.05) is 6.61 Å². The first kappa shape index (κ1) is 24.8. The third-order valence-corrected chi connectivity index (χ3v) is 4.72. The largest absolute Gasteiger partial charge is 0.482 e. The van der Waals surface area contributed by atoms with E-state index in [0.717, 1.165) is 30.7 Å². The summed E-state index contributed by atoms with van der Waals surface area (Å²) in [4.78, 5) is 14.0. The van der Waals surface area contributed by atoms with Gasteiger partial charge in [-0.2, -0.15) is 5.48 Å². The van der Waals surface area contributed by atoms with Gasteiger partial charge in [0, 0.05) is 24.7 Å². The predicted molar refractivity (Wildman–Crippen MR) is 117 cm³/mol. The standard InChI is InChI=1S/C23H29F3N4O3/c1-6-7-22(3,4)29-32-13-17-11-30-12-19(15(2)8-20(30)28-17)33-21-18(9-16(24)10-27-21)31-14-23(5,25)26/h8-12,29H,6-7,13-14H2,1-5H3. The van der Waals surface area contributed by atoms with Crippen LogP contribution in [0.1, 0.15) is 51.8 Å². The molecule has 0 aliphatic heterocycles. The summed E-state index contributed by atoms with van der Waals surface area (Å²) < 4.78 is 52.6. The number of hydrogen-bond acceptors (Lipinski definition) is 6. The number of rotatable bonds is 11. The monoisotopic (exact) mass is 466 g/mol. The van der Waals surface area contributed by atoms with Crippen molar-refractivity contribution in [2.45, 2.75) is 65.5 Å². The third-order valence-electron chi connectivity index (χ3n) is 4.72. The van der Waals surface area contributed by atoms with Crippen LogP contribution in [0.5, 0.6) is 17.4 Å². The smallest absolute Gasteiger partial charge is 0.278 e. The van der Waals surface area contributed by atoms with Crippen LogP contribution in [-0.2, 0) is 11.4 Å². The van der Waals surface area contributed by atoms with Gasteiger partial charge in [-0.05, 0) is 38.8 Å². The van der Waals surface area contributed by atoms with Crippen LogP contribution in [0.15, 0.2) is 30.7 Å². The molecule has 0 spiro atoms. The lowest BCUT2D eigenvalue weighted by molar-refractivity contribution is -0.0271. The molecule has 0 amide bonds. The number of nitrogens with zero attached hydrogens (tertiary/aromatic N) is 3. The Balaban J connectivity index is 1.76. The van der Waals surface area contributed by atoms with E-state index in [2.05, 4.69) is 36.2 Å². The van der Waals surface area contributed by atoms with E-state index < -0.39 is 18.3 Å². The molecule has 0 saturated heterocycles. The average molecular weight is 467 g/mol. The molecular weight excluding hydrogens is 437 g/mol. The summed E-state index contributed by atoms with van der Waals surface area (Å²) in [5, 5.41) is 0. The molecule has 0 aliphatic carbocycles. The zero-order chi connectivity index (χ0) is 24.2. The minimum atomic E-state index is -3.09. The van der Waals surface area contributed by atoms with Crippen LogP contribution < -0.4 is 15.0 Å². The second kappa shape index (κ2) is 9.96. The molecule has 0 atom stereocenters. The normalized spacial score (nSPS) is 12.4. The lowest BCUT2D eigenvalue weighted by Gasteiger charge is -2.24. The van der Waals surface area contributed by atoms with Crippen molar-refractivity contribution in [3.8, 4) is 17.4 Å². The molecule has 3 heterocycles. The van der Waals surface area contributed by atoms with Crippen molar-refractivity contribution in [2.24, 2.45) is 0 Å². The molecule has 0 saturated carbocycles. The van der Waals surface area contributed by atoms with Crippen molar-refractivity contribution in [1.29, 1.82) is 0 Å². The summed E-state index contributed by atoms with van der Waals surface area (Å²) in [5.41, 5.74) is 5.03. The van der Waals surface area contributed by atoms with Gasteiger partial charge in [-0.1, -0.05) is 13.3 Å². The minimum Gasteiger partial charge on any atom is -0.482 e. The summed E-state index contributed by atoms with van der Waals surface area (Å²) >= 11 is 0. The average Bonchev–Trinajstić information content (AvgIpc) is 3.08. The fourth-order valence-electron chi connectivity index (χ4n) is 3.22. The van der Waals surface area contributed by atoms with Gasteiger partial charge in [-0.3, -0.25) is 4.84 Å². The number of alkyl halides is 2. The molecule has 3 aromatic heterocycles. The zero-order valence-electron chi connectivity index (χ0n) is 19.4. The Morgan fingerprint density at radius 1 is 1.12 bits per heavy atom. The molecular formula is C23H29F3N4O3. The number of hydrogen-bond donors (Lipinski definition) is 1. The number of imidazole rings is 1. The highest BCUT2D eigenvalue weighted by Gasteiger charge is 2.24. The molecule has 0 bridgehead atoms.